The molecule has 0 amide bonds. The second-order valence-corrected chi connectivity index (χ2v) is 10.1. The SMILES string of the molecule is CC(C)c1ccc2c(Nc3cc(OC(C)c4ccccc4)ccc3Sc3ccc(O)cc3)ncnc2n1. The fourth-order valence-electron chi connectivity index (χ4n) is 3.91. The molecule has 3 aromatic carbocycles. The molecule has 1 atom stereocenters. The molecule has 186 valence electrons. The summed E-state index contributed by atoms with van der Waals surface area (Å²) in [7, 11) is 0. The van der Waals surface area contributed by atoms with Crippen LogP contribution in [0.2, 0.25) is 0 Å². The van der Waals surface area contributed by atoms with Gasteiger partial charge in [-0.15, -0.1) is 0 Å². The first kappa shape index (κ1) is 24.6. The van der Waals surface area contributed by atoms with Gasteiger partial charge in [0.1, 0.15) is 29.7 Å². The van der Waals surface area contributed by atoms with Crippen LogP contribution in [0.1, 0.15) is 44.1 Å². The van der Waals surface area contributed by atoms with Gasteiger partial charge in [-0.25, -0.2) is 15.0 Å². The van der Waals surface area contributed by atoms with Crippen LogP contribution >= 0.6 is 11.8 Å². The zero-order chi connectivity index (χ0) is 25.8. The van der Waals surface area contributed by atoms with Crippen LogP contribution in [0.3, 0.4) is 0 Å². The largest absolute Gasteiger partial charge is 0.508 e. The monoisotopic (exact) mass is 508 g/mol. The fourth-order valence-corrected chi connectivity index (χ4v) is 4.79. The van der Waals surface area contributed by atoms with Gasteiger partial charge in [-0.3, -0.25) is 0 Å². The van der Waals surface area contributed by atoms with Gasteiger partial charge >= 0.3 is 0 Å². The molecule has 1 unspecified atom stereocenters. The van der Waals surface area contributed by atoms with Gasteiger partial charge in [0.15, 0.2) is 5.65 Å². The standard InChI is InChI=1S/C30H28N4O2S/c1-19(2)26-15-14-25-29(33-26)31-18-32-30(25)34-27-17-23(36-20(3)21-7-5-4-6-8-21)11-16-28(27)37-24-12-9-22(35)10-13-24/h4-20,35H,1-3H3,(H,31,32,33,34). The lowest BCUT2D eigenvalue weighted by Gasteiger charge is -2.18. The molecule has 0 aliphatic heterocycles. The molecule has 2 aromatic heterocycles. The van der Waals surface area contributed by atoms with Gasteiger partial charge in [0, 0.05) is 21.6 Å². The van der Waals surface area contributed by atoms with E-state index in [-0.39, 0.29) is 11.9 Å². The number of phenols is 1. The molecule has 6 nitrogen and oxygen atoms in total. The Morgan fingerprint density at radius 3 is 2.41 bits per heavy atom. The Morgan fingerprint density at radius 1 is 0.865 bits per heavy atom. The lowest BCUT2D eigenvalue weighted by atomic mass is 10.1. The predicted molar refractivity (Wildman–Crippen MR) is 149 cm³/mol. The van der Waals surface area contributed by atoms with Crippen LogP contribution in [0, 0.1) is 0 Å². The predicted octanol–water partition coefficient (Wildman–Crippen LogP) is 7.89. The molecule has 7 heteroatoms. The molecule has 5 rings (SSSR count). The number of nitrogens with zero attached hydrogens (tertiary/aromatic N) is 3. The number of anilines is 2. The van der Waals surface area contributed by atoms with Crippen LogP contribution in [-0.4, -0.2) is 20.1 Å². The number of ether oxygens (including phenoxy) is 1. The van der Waals surface area contributed by atoms with Gasteiger partial charge < -0.3 is 15.2 Å². The number of rotatable bonds is 8. The van der Waals surface area contributed by atoms with Crippen molar-refractivity contribution in [3.05, 3.63) is 103 Å². The van der Waals surface area contributed by atoms with Crippen LogP contribution in [0.25, 0.3) is 11.0 Å². The number of hydrogen-bond donors (Lipinski definition) is 2. The number of pyridine rings is 1. The van der Waals surface area contributed by atoms with Crippen LogP contribution in [0.5, 0.6) is 11.5 Å². The first-order valence-electron chi connectivity index (χ1n) is 12.2. The van der Waals surface area contributed by atoms with Crippen LogP contribution in [0.4, 0.5) is 11.5 Å². The zero-order valence-electron chi connectivity index (χ0n) is 20.9. The summed E-state index contributed by atoms with van der Waals surface area (Å²) in [5.74, 6) is 1.97. The van der Waals surface area contributed by atoms with Gasteiger partial charge in [0.25, 0.3) is 0 Å². The van der Waals surface area contributed by atoms with Crippen molar-refractivity contribution in [1.29, 1.82) is 0 Å². The first-order chi connectivity index (χ1) is 18.0. The molecular formula is C30H28N4O2S. The van der Waals surface area contributed by atoms with E-state index in [1.165, 1.54) is 6.33 Å². The van der Waals surface area contributed by atoms with Gasteiger partial charge in [-0.05, 0) is 66.9 Å². The number of hydrogen-bond acceptors (Lipinski definition) is 7. The maximum absolute atomic E-state index is 9.68. The second kappa shape index (κ2) is 10.9. The van der Waals surface area contributed by atoms with Crippen LogP contribution < -0.4 is 10.1 Å². The number of nitrogens with one attached hydrogen (secondary N) is 1. The Labute approximate surface area is 220 Å². The molecule has 0 bridgehead atoms. The van der Waals surface area contributed by atoms with Gasteiger partial charge in [-0.1, -0.05) is 55.9 Å². The lowest BCUT2D eigenvalue weighted by Crippen LogP contribution is -2.04. The van der Waals surface area contributed by atoms with Crippen LogP contribution in [-0.2, 0) is 0 Å². The summed E-state index contributed by atoms with van der Waals surface area (Å²) < 4.78 is 6.30. The highest BCUT2D eigenvalue weighted by atomic mass is 32.2. The molecular weight excluding hydrogens is 480 g/mol. The molecule has 0 aliphatic carbocycles. The molecule has 2 heterocycles. The third-order valence-corrected chi connectivity index (χ3v) is 7.04. The summed E-state index contributed by atoms with van der Waals surface area (Å²) in [4.78, 5) is 15.6. The van der Waals surface area contributed by atoms with E-state index in [9.17, 15) is 5.11 Å². The molecule has 0 spiro atoms. The first-order valence-corrected chi connectivity index (χ1v) is 13.0. The van der Waals surface area contributed by atoms with E-state index in [1.807, 2.05) is 67.6 Å². The lowest BCUT2D eigenvalue weighted by molar-refractivity contribution is 0.227. The summed E-state index contributed by atoms with van der Waals surface area (Å²) in [5, 5.41) is 14.0. The quantitative estimate of drug-likeness (QED) is 0.221. The maximum Gasteiger partial charge on any atom is 0.164 e. The third-order valence-electron chi connectivity index (χ3n) is 5.96. The average Bonchev–Trinajstić information content (AvgIpc) is 2.91. The Morgan fingerprint density at radius 2 is 1.65 bits per heavy atom. The van der Waals surface area contributed by atoms with Crippen molar-refractivity contribution in [2.45, 2.75) is 42.6 Å². The number of fused-ring (bicyclic) bond motifs is 1. The number of phenolic OH excluding ortho intramolecular Hbond substituents is 1. The van der Waals surface area contributed by atoms with E-state index in [1.54, 1.807) is 23.9 Å². The summed E-state index contributed by atoms with van der Waals surface area (Å²) >= 11 is 1.59. The highest BCUT2D eigenvalue weighted by Gasteiger charge is 2.14. The van der Waals surface area contributed by atoms with Crippen molar-refractivity contribution >= 4 is 34.3 Å². The Bertz CT molecular complexity index is 1510. The smallest absolute Gasteiger partial charge is 0.164 e. The second-order valence-electron chi connectivity index (χ2n) is 9.03. The molecule has 0 saturated heterocycles. The molecule has 5 aromatic rings. The van der Waals surface area contributed by atoms with E-state index in [2.05, 4.69) is 41.3 Å². The van der Waals surface area contributed by atoms with E-state index in [0.29, 0.717) is 17.4 Å². The van der Waals surface area contributed by atoms with Crippen LogP contribution in [0.15, 0.2) is 101 Å². The van der Waals surface area contributed by atoms with E-state index in [0.717, 1.165) is 37.9 Å². The van der Waals surface area contributed by atoms with Crippen molar-refractivity contribution in [3.8, 4) is 11.5 Å². The number of aromatic nitrogens is 3. The average molecular weight is 509 g/mol. The summed E-state index contributed by atoms with van der Waals surface area (Å²) in [5.41, 5.74) is 3.60. The maximum atomic E-state index is 9.68. The van der Waals surface area contributed by atoms with Gasteiger partial charge in [0.05, 0.1) is 11.1 Å². The number of benzene rings is 3. The summed E-state index contributed by atoms with van der Waals surface area (Å²) in [6.45, 7) is 6.27. The summed E-state index contributed by atoms with van der Waals surface area (Å²) in [6.07, 6.45) is 1.43. The van der Waals surface area contributed by atoms with Crippen molar-refractivity contribution in [2.75, 3.05) is 5.32 Å². The Balaban J connectivity index is 1.50. The molecule has 0 saturated carbocycles. The van der Waals surface area contributed by atoms with E-state index in [4.69, 9.17) is 9.72 Å². The van der Waals surface area contributed by atoms with E-state index >= 15 is 0 Å². The van der Waals surface area contributed by atoms with Crippen molar-refractivity contribution < 1.29 is 9.84 Å². The van der Waals surface area contributed by atoms with Crippen molar-refractivity contribution in [2.24, 2.45) is 0 Å². The molecule has 0 radical (unpaired) electrons. The minimum Gasteiger partial charge on any atom is -0.508 e. The highest BCUT2D eigenvalue weighted by Crippen LogP contribution is 2.39. The molecule has 0 aliphatic rings. The van der Waals surface area contributed by atoms with Crippen molar-refractivity contribution in [3.63, 3.8) is 0 Å². The topological polar surface area (TPSA) is 80.2 Å². The van der Waals surface area contributed by atoms with E-state index < -0.39 is 0 Å². The minimum atomic E-state index is -0.108. The normalized spacial score (nSPS) is 12.0. The zero-order valence-corrected chi connectivity index (χ0v) is 21.7. The fraction of sp³-hybridized carbons (Fsp3) is 0.167. The minimum absolute atomic E-state index is 0.108. The Kier molecular flexibility index (Phi) is 7.23. The summed E-state index contributed by atoms with van der Waals surface area (Å²) in [6, 6.07) is 27.3. The Hall–Kier alpha value is -4.10. The molecule has 0 fully saturated rings. The van der Waals surface area contributed by atoms with Gasteiger partial charge in [0.2, 0.25) is 0 Å². The van der Waals surface area contributed by atoms with Gasteiger partial charge in [-0.2, -0.15) is 0 Å². The molecule has 2 N–H and O–H groups in total. The molecule has 37 heavy (non-hydrogen) atoms. The number of aromatic hydroxyl groups is 1. The van der Waals surface area contributed by atoms with Crippen molar-refractivity contribution in [1.82, 2.24) is 15.0 Å². The third kappa shape index (κ3) is 5.84. The highest BCUT2D eigenvalue weighted by molar-refractivity contribution is 7.99.